The summed E-state index contributed by atoms with van der Waals surface area (Å²) in [5, 5.41) is 3.36. The van der Waals surface area contributed by atoms with E-state index < -0.39 is 17.2 Å². The molecule has 3 aromatic rings. The second-order valence-electron chi connectivity index (χ2n) is 6.22. The SMILES string of the molecule is O=C1NC(=S)N(c2ccc(Cl)cc2)C(=O)/C1=C/c1coc2c(Cl)cc(Cl)cc2c1=O. The van der Waals surface area contributed by atoms with Gasteiger partial charge in [0, 0.05) is 10.0 Å². The highest BCUT2D eigenvalue weighted by Crippen LogP contribution is 2.27. The van der Waals surface area contributed by atoms with Gasteiger partial charge in [-0.1, -0.05) is 34.8 Å². The maximum Gasteiger partial charge on any atom is 0.270 e. The molecule has 1 aromatic heterocycles. The van der Waals surface area contributed by atoms with Crippen molar-refractivity contribution in [2.24, 2.45) is 0 Å². The number of thiocarbonyl (C=S) groups is 1. The number of rotatable bonds is 2. The molecular formula is C20H9Cl3N2O4S. The van der Waals surface area contributed by atoms with E-state index in [1.54, 1.807) is 24.3 Å². The van der Waals surface area contributed by atoms with E-state index in [2.05, 4.69) is 5.32 Å². The van der Waals surface area contributed by atoms with E-state index in [1.165, 1.54) is 12.1 Å². The number of carbonyl (C=O) groups is 2. The first kappa shape index (κ1) is 20.6. The van der Waals surface area contributed by atoms with Crippen molar-refractivity contribution < 1.29 is 14.0 Å². The third kappa shape index (κ3) is 3.61. The van der Waals surface area contributed by atoms with Crippen LogP contribution in [0.1, 0.15) is 5.56 Å². The van der Waals surface area contributed by atoms with Gasteiger partial charge in [-0.2, -0.15) is 0 Å². The Morgan fingerprint density at radius 2 is 1.70 bits per heavy atom. The lowest BCUT2D eigenvalue weighted by molar-refractivity contribution is -0.122. The summed E-state index contributed by atoms with van der Waals surface area (Å²) in [6.45, 7) is 0. The van der Waals surface area contributed by atoms with Crippen molar-refractivity contribution in [1.82, 2.24) is 5.32 Å². The van der Waals surface area contributed by atoms with E-state index in [0.29, 0.717) is 10.7 Å². The molecule has 0 bridgehead atoms. The average molecular weight is 480 g/mol. The maximum absolute atomic E-state index is 13.0. The third-order valence-electron chi connectivity index (χ3n) is 4.31. The minimum atomic E-state index is -0.737. The number of anilines is 1. The van der Waals surface area contributed by atoms with Crippen molar-refractivity contribution in [3.63, 3.8) is 0 Å². The Morgan fingerprint density at radius 3 is 2.40 bits per heavy atom. The van der Waals surface area contributed by atoms with Gasteiger partial charge in [-0.15, -0.1) is 0 Å². The third-order valence-corrected chi connectivity index (χ3v) is 5.34. The number of nitrogens with zero attached hydrogens (tertiary/aromatic N) is 1. The van der Waals surface area contributed by atoms with E-state index >= 15 is 0 Å². The van der Waals surface area contributed by atoms with Gasteiger partial charge in [0.05, 0.1) is 21.7 Å². The summed E-state index contributed by atoms with van der Waals surface area (Å²) >= 11 is 23.1. The lowest BCUT2D eigenvalue weighted by Gasteiger charge is -2.28. The zero-order valence-corrected chi connectivity index (χ0v) is 17.8. The van der Waals surface area contributed by atoms with Crippen LogP contribution in [0.25, 0.3) is 17.0 Å². The van der Waals surface area contributed by atoms with Crippen molar-refractivity contribution in [3.8, 4) is 0 Å². The number of nitrogens with one attached hydrogen (secondary N) is 1. The Kier molecular flexibility index (Phi) is 5.38. The van der Waals surface area contributed by atoms with Crippen LogP contribution in [0, 0.1) is 0 Å². The van der Waals surface area contributed by atoms with Crippen molar-refractivity contribution in [2.75, 3.05) is 4.90 Å². The quantitative estimate of drug-likeness (QED) is 0.330. The van der Waals surface area contributed by atoms with Crippen LogP contribution < -0.4 is 15.6 Å². The van der Waals surface area contributed by atoms with Gasteiger partial charge in [-0.3, -0.25) is 24.6 Å². The van der Waals surface area contributed by atoms with Gasteiger partial charge in [-0.05, 0) is 54.7 Å². The van der Waals surface area contributed by atoms with Crippen molar-refractivity contribution >= 4 is 86.7 Å². The fraction of sp³-hybridized carbons (Fsp3) is 0. The Balaban J connectivity index is 1.82. The number of hydrogen-bond donors (Lipinski definition) is 1. The Bertz CT molecular complexity index is 1330. The van der Waals surface area contributed by atoms with Crippen LogP contribution in [-0.2, 0) is 9.59 Å². The molecule has 6 nitrogen and oxygen atoms in total. The van der Waals surface area contributed by atoms with Crippen LogP contribution in [0.2, 0.25) is 15.1 Å². The van der Waals surface area contributed by atoms with Gasteiger partial charge in [0.25, 0.3) is 11.8 Å². The topological polar surface area (TPSA) is 79.6 Å². The highest BCUT2D eigenvalue weighted by atomic mass is 35.5. The molecule has 4 rings (SSSR count). The Labute approximate surface area is 189 Å². The largest absolute Gasteiger partial charge is 0.462 e. The lowest BCUT2D eigenvalue weighted by Crippen LogP contribution is -2.54. The average Bonchev–Trinajstić information content (AvgIpc) is 2.68. The highest BCUT2D eigenvalue weighted by Gasteiger charge is 2.34. The number of carbonyl (C=O) groups excluding carboxylic acids is 2. The fourth-order valence-corrected chi connectivity index (χ4v) is 3.86. The number of halogens is 3. The minimum Gasteiger partial charge on any atom is -0.462 e. The van der Waals surface area contributed by atoms with E-state index in [1.807, 2.05) is 0 Å². The van der Waals surface area contributed by atoms with E-state index in [9.17, 15) is 14.4 Å². The van der Waals surface area contributed by atoms with Crippen molar-refractivity contribution in [2.45, 2.75) is 0 Å². The number of fused-ring (bicyclic) bond motifs is 1. The van der Waals surface area contributed by atoms with Gasteiger partial charge in [0.15, 0.2) is 16.1 Å². The van der Waals surface area contributed by atoms with E-state index in [-0.39, 0.29) is 37.3 Å². The predicted molar refractivity (Wildman–Crippen MR) is 120 cm³/mol. The van der Waals surface area contributed by atoms with Gasteiger partial charge >= 0.3 is 0 Å². The van der Waals surface area contributed by atoms with E-state index in [0.717, 1.165) is 17.2 Å². The Morgan fingerprint density at radius 1 is 1.00 bits per heavy atom. The highest BCUT2D eigenvalue weighted by molar-refractivity contribution is 7.80. The fourth-order valence-electron chi connectivity index (χ4n) is 2.92. The monoisotopic (exact) mass is 478 g/mol. The predicted octanol–water partition coefficient (Wildman–Crippen LogP) is 4.58. The maximum atomic E-state index is 13.0. The molecule has 2 aromatic carbocycles. The molecule has 0 atom stereocenters. The first-order chi connectivity index (χ1) is 14.3. The summed E-state index contributed by atoms with van der Waals surface area (Å²) in [6, 6.07) is 9.16. The van der Waals surface area contributed by atoms with Crippen molar-refractivity contribution in [1.29, 1.82) is 0 Å². The molecule has 1 aliphatic rings. The molecule has 30 heavy (non-hydrogen) atoms. The minimum absolute atomic E-state index is 0.0248. The smallest absolute Gasteiger partial charge is 0.270 e. The van der Waals surface area contributed by atoms with Gasteiger partial charge < -0.3 is 4.42 Å². The van der Waals surface area contributed by atoms with Gasteiger partial charge in [-0.25, -0.2) is 0 Å². The molecule has 10 heteroatoms. The zero-order valence-electron chi connectivity index (χ0n) is 14.7. The Hall–Kier alpha value is -2.71. The van der Waals surface area contributed by atoms with Gasteiger partial charge in [0.1, 0.15) is 11.8 Å². The summed E-state index contributed by atoms with van der Waals surface area (Å²) in [4.78, 5) is 39.4. The second kappa shape index (κ2) is 7.85. The summed E-state index contributed by atoms with van der Waals surface area (Å²) < 4.78 is 5.43. The zero-order chi connectivity index (χ0) is 21.6. The molecular weight excluding hydrogens is 471 g/mol. The molecule has 1 saturated heterocycles. The van der Waals surface area contributed by atoms with Crippen LogP contribution in [0.3, 0.4) is 0 Å². The van der Waals surface area contributed by atoms with E-state index in [4.69, 9.17) is 51.4 Å². The first-order valence-corrected chi connectivity index (χ1v) is 9.88. The summed E-state index contributed by atoms with van der Waals surface area (Å²) in [7, 11) is 0. The normalized spacial score (nSPS) is 15.8. The molecule has 1 aliphatic heterocycles. The standard InChI is InChI=1S/C20H9Cl3N2O4S/c21-10-1-3-12(4-2-10)25-19(28)14(18(27)24-20(25)30)5-9-8-29-17-13(16(9)26)6-11(22)7-15(17)23/h1-8H,(H,24,27,30)/b14-5+. The van der Waals surface area contributed by atoms with Crippen LogP contribution in [0.4, 0.5) is 5.69 Å². The first-order valence-electron chi connectivity index (χ1n) is 8.34. The number of hydrogen-bond acceptors (Lipinski definition) is 5. The van der Waals surface area contributed by atoms with Crippen molar-refractivity contribution in [3.05, 3.63) is 79.1 Å². The van der Waals surface area contributed by atoms with Crippen LogP contribution in [0.5, 0.6) is 0 Å². The van der Waals surface area contributed by atoms with Gasteiger partial charge in [0.2, 0.25) is 0 Å². The molecule has 0 aliphatic carbocycles. The molecule has 2 heterocycles. The molecule has 2 amide bonds. The summed E-state index contributed by atoms with van der Waals surface area (Å²) in [6.07, 6.45) is 2.26. The van der Waals surface area contributed by atoms with Crippen LogP contribution in [0.15, 0.2) is 57.4 Å². The summed E-state index contributed by atoms with van der Waals surface area (Å²) in [5.74, 6) is -1.44. The molecule has 0 unspecified atom stereocenters. The molecule has 1 N–H and O–H groups in total. The lowest BCUT2D eigenvalue weighted by atomic mass is 10.1. The van der Waals surface area contributed by atoms with Crippen LogP contribution in [-0.4, -0.2) is 16.9 Å². The molecule has 150 valence electrons. The molecule has 0 saturated carbocycles. The number of benzene rings is 2. The number of amides is 2. The summed E-state index contributed by atoms with van der Waals surface area (Å²) in [5.41, 5.74) is -0.262. The molecule has 0 spiro atoms. The van der Waals surface area contributed by atoms with Crippen LogP contribution >= 0.6 is 47.0 Å². The second-order valence-corrected chi connectivity index (χ2v) is 7.89. The molecule has 0 radical (unpaired) electrons. The molecule has 1 fully saturated rings.